The fraction of sp³-hybridized carbons (Fsp3) is 0.118. The number of carbonyl (C=O) groups excluding carboxylic acids is 1. The number of hydrogen-bond acceptors (Lipinski definition) is 4. The summed E-state index contributed by atoms with van der Waals surface area (Å²) in [7, 11) is 3.48. The summed E-state index contributed by atoms with van der Waals surface area (Å²) in [6.07, 6.45) is 3.35. The summed E-state index contributed by atoms with van der Waals surface area (Å²) in [6.45, 7) is 0. The molecule has 5 heteroatoms. The Morgan fingerprint density at radius 3 is 2.23 bits per heavy atom. The first-order valence-corrected chi connectivity index (χ1v) is 6.93. The number of rotatable bonds is 3. The van der Waals surface area contributed by atoms with Crippen LogP contribution in [0.15, 0.2) is 54.9 Å². The third-order valence-corrected chi connectivity index (χ3v) is 3.30. The molecule has 5 nitrogen and oxygen atoms in total. The zero-order chi connectivity index (χ0) is 15.5. The van der Waals surface area contributed by atoms with Gasteiger partial charge < -0.3 is 10.2 Å². The van der Waals surface area contributed by atoms with Gasteiger partial charge in [0.1, 0.15) is 0 Å². The van der Waals surface area contributed by atoms with Crippen molar-refractivity contribution in [2.45, 2.75) is 0 Å². The van der Waals surface area contributed by atoms with Gasteiger partial charge in [-0.25, -0.2) is 0 Å². The van der Waals surface area contributed by atoms with Crippen molar-refractivity contribution in [1.29, 1.82) is 0 Å². The van der Waals surface area contributed by atoms with E-state index in [4.69, 9.17) is 0 Å². The van der Waals surface area contributed by atoms with Crippen LogP contribution in [0.3, 0.4) is 0 Å². The molecule has 0 aliphatic rings. The molecule has 0 bridgehead atoms. The molecule has 0 fully saturated rings. The van der Waals surface area contributed by atoms with E-state index in [2.05, 4.69) is 15.3 Å². The Bertz CT molecular complexity index is 812. The van der Waals surface area contributed by atoms with Crippen molar-refractivity contribution in [1.82, 2.24) is 14.9 Å². The highest BCUT2D eigenvalue weighted by Crippen LogP contribution is 2.20. The quantitative estimate of drug-likeness (QED) is 0.806. The van der Waals surface area contributed by atoms with Gasteiger partial charge in [-0.2, -0.15) is 0 Å². The molecular formula is C17H16N4O. The van der Waals surface area contributed by atoms with E-state index in [0.717, 1.165) is 22.4 Å². The van der Waals surface area contributed by atoms with E-state index < -0.39 is 0 Å². The average Bonchev–Trinajstić information content (AvgIpc) is 2.55. The predicted octanol–water partition coefficient (Wildman–Crippen LogP) is 3.08. The Hall–Kier alpha value is -2.95. The van der Waals surface area contributed by atoms with Gasteiger partial charge in [-0.15, -0.1) is 0 Å². The van der Waals surface area contributed by atoms with Crippen molar-refractivity contribution in [3.63, 3.8) is 0 Å². The van der Waals surface area contributed by atoms with Gasteiger partial charge in [-0.1, -0.05) is 0 Å². The Kier molecular flexibility index (Phi) is 3.70. The zero-order valence-corrected chi connectivity index (χ0v) is 12.4. The minimum Gasteiger partial charge on any atom is -0.355 e. The highest BCUT2D eigenvalue weighted by atomic mass is 16.2. The number of amides is 1. The smallest absolute Gasteiger partial charge is 0.253 e. The largest absolute Gasteiger partial charge is 0.355 e. The number of nitrogens with zero attached hydrogens (tertiary/aromatic N) is 3. The number of benzene rings is 2. The summed E-state index contributed by atoms with van der Waals surface area (Å²) < 4.78 is 0. The van der Waals surface area contributed by atoms with Crippen molar-refractivity contribution < 1.29 is 4.79 Å². The van der Waals surface area contributed by atoms with Crippen molar-refractivity contribution in [3.8, 4) is 0 Å². The first kappa shape index (κ1) is 14.0. The number of anilines is 2. The molecule has 3 rings (SSSR count). The molecule has 0 aliphatic carbocycles. The molecule has 0 spiro atoms. The maximum atomic E-state index is 11.9. The van der Waals surface area contributed by atoms with Crippen molar-refractivity contribution in [3.05, 3.63) is 60.4 Å². The molecule has 22 heavy (non-hydrogen) atoms. The number of fused-ring (bicyclic) bond motifs is 1. The molecule has 1 heterocycles. The molecule has 0 radical (unpaired) electrons. The number of hydrogen-bond donors (Lipinski definition) is 1. The van der Waals surface area contributed by atoms with Gasteiger partial charge in [0.2, 0.25) is 0 Å². The topological polar surface area (TPSA) is 58.1 Å². The Morgan fingerprint density at radius 2 is 1.55 bits per heavy atom. The van der Waals surface area contributed by atoms with E-state index in [-0.39, 0.29) is 5.91 Å². The molecule has 0 saturated heterocycles. The van der Waals surface area contributed by atoms with E-state index in [1.54, 1.807) is 31.4 Å². The number of aromatic nitrogens is 2. The number of nitrogens with one attached hydrogen (secondary N) is 1. The Balaban J connectivity index is 1.81. The molecule has 2 aromatic carbocycles. The highest BCUT2D eigenvalue weighted by Gasteiger charge is 2.07. The molecule has 110 valence electrons. The molecule has 0 saturated carbocycles. The van der Waals surface area contributed by atoms with E-state index in [9.17, 15) is 4.79 Å². The summed E-state index contributed by atoms with van der Waals surface area (Å²) in [6, 6.07) is 13.2. The molecule has 0 aliphatic heterocycles. The SMILES string of the molecule is CN(C)C(=O)c1ccc(Nc2ccc3nccnc3c2)cc1. The summed E-state index contributed by atoms with van der Waals surface area (Å²) in [5.41, 5.74) is 4.21. The molecule has 0 atom stereocenters. The fourth-order valence-electron chi connectivity index (χ4n) is 2.16. The second kappa shape index (κ2) is 5.81. The van der Waals surface area contributed by atoms with Crippen LogP contribution in [-0.2, 0) is 0 Å². The maximum Gasteiger partial charge on any atom is 0.253 e. The van der Waals surface area contributed by atoms with Crippen LogP contribution in [0, 0.1) is 0 Å². The molecular weight excluding hydrogens is 276 g/mol. The third kappa shape index (κ3) is 2.88. The lowest BCUT2D eigenvalue weighted by Gasteiger charge is -2.11. The molecule has 1 aromatic heterocycles. The van der Waals surface area contributed by atoms with Gasteiger partial charge >= 0.3 is 0 Å². The van der Waals surface area contributed by atoms with Crippen LogP contribution < -0.4 is 5.32 Å². The first-order valence-electron chi connectivity index (χ1n) is 6.93. The van der Waals surface area contributed by atoms with Crippen LogP contribution in [-0.4, -0.2) is 34.9 Å². The summed E-state index contributed by atoms with van der Waals surface area (Å²) in [5, 5.41) is 3.30. The number of carbonyl (C=O) groups is 1. The van der Waals surface area contributed by atoms with Gasteiger partial charge in [0.15, 0.2) is 0 Å². The normalized spacial score (nSPS) is 10.5. The van der Waals surface area contributed by atoms with Crippen molar-refractivity contribution in [2.75, 3.05) is 19.4 Å². The highest BCUT2D eigenvalue weighted by molar-refractivity contribution is 5.94. The second-order valence-corrected chi connectivity index (χ2v) is 5.16. The monoisotopic (exact) mass is 292 g/mol. The minimum atomic E-state index is -0.00692. The van der Waals surface area contributed by atoms with E-state index in [1.807, 2.05) is 42.5 Å². The van der Waals surface area contributed by atoms with Crippen LogP contribution in [0.5, 0.6) is 0 Å². The second-order valence-electron chi connectivity index (χ2n) is 5.16. The van der Waals surface area contributed by atoms with Crippen molar-refractivity contribution in [2.24, 2.45) is 0 Å². The van der Waals surface area contributed by atoms with Gasteiger partial charge in [-0.3, -0.25) is 14.8 Å². The van der Waals surface area contributed by atoms with E-state index in [0.29, 0.717) is 5.56 Å². The fourth-order valence-corrected chi connectivity index (χ4v) is 2.16. The van der Waals surface area contributed by atoms with Gasteiger partial charge in [0, 0.05) is 43.4 Å². The average molecular weight is 292 g/mol. The summed E-state index contributed by atoms with van der Waals surface area (Å²) in [4.78, 5) is 21.9. The van der Waals surface area contributed by atoms with Crippen LogP contribution in [0.25, 0.3) is 11.0 Å². The van der Waals surface area contributed by atoms with Crippen LogP contribution >= 0.6 is 0 Å². The van der Waals surface area contributed by atoms with Gasteiger partial charge in [0.05, 0.1) is 11.0 Å². The van der Waals surface area contributed by atoms with Crippen molar-refractivity contribution >= 4 is 28.3 Å². The Morgan fingerprint density at radius 1 is 0.909 bits per heavy atom. The molecule has 1 amide bonds. The van der Waals surface area contributed by atoms with E-state index in [1.165, 1.54) is 0 Å². The van der Waals surface area contributed by atoms with Gasteiger partial charge in [0.25, 0.3) is 5.91 Å². The van der Waals surface area contributed by atoms with Crippen LogP contribution in [0.1, 0.15) is 10.4 Å². The first-order chi connectivity index (χ1) is 10.6. The lowest BCUT2D eigenvalue weighted by atomic mass is 10.2. The minimum absolute atomic E-state index is 0.00692. The molecule has 0 unspecified atom stereocenters. The lowest BCUT2D eigenvalue weighted by molar-refractivity contribution is 0.0827. The van der Waals surface area contributed by atoms with Gasteiger partial charge in [-0.05, 0) is 42.5 Å². The lowest BCUT2D eigenvalue weighted by Crippen LogP contribution is -2.21. The zero-order valence-electron chi connectivity index (χ0n) is 12.4. The molecule has 1 N–H and O–H groups in total. The summed E-state index contributed by atoms with van der Waals surface area (Å²) in [5.74, 6) is -0.00692. The van der Waals surface area contributed by atoms with E-state index >= 15 is 0 Å². The van der Waals surface area contributed by atoms with Crippen LogP contribution in [0.2, 0.25) is 0 Å². The molecule has 3 aromatic rings. The standard InChI is InChI=1S/C17H16N4O/c1-21(2)17(22)12-3-5-13(6-4-12)20-14-7-8-15-16(11-14)19-10-9-18-15/h3-11,20H,1-2H3. The summed E-state index contributed by atoms with van der Waals surface area (Å²) >= 11 is 0. The predicted molar refractivity (Wildman–Crippen MR) is 87.3 cm³/mol. The van der Waals surface area contributed by atoms with Crippen LogP contribution in [0.4, 0.5) is 11.4 Å². The Labute approximate surface area is 128 Å². The maximum absolute atomic E-state index is 11.9. The third-order valence-electron chi connectivity index (χ3n) is 3.30.